The molecule has 0 atom stereocenters. The molecule has 0 bridgehead atoms. The van der Waals surface area contributed by atoms with Gasteiger partial charge in [-0.1, -0.05) is 52.9 Å². The first-order chi connectivity index (χ1) is 10.2. The molecule has 0 heterocycles. The van der Waals surface area contributed by atoms with Crippen molar-refractivity contribution in [2.75, 3.05) is 32.1 Å². The summed E-state index contributed by atoms with van der Waals surface area (Å²) in [6.45, 7) is 12.2. The van der Waals surface area contributed by atoms with E-state index in [1.807, 2.05) is 0 Å². The first-order valence-electron chi connectivity index (χ1n) is 9.65. The molecule has 0 unspecified atom stereocenters. The summed E-state index contributed by atoms with van der Waals surface area (Å²) in [5.41, 5.74) is 0. The topological polar surface area (TPSA) is 0 Å². The van der Waals surface area contributed by atoms with Crippen LogP contribution < -0.4 is 0 Å². The molecule has 0 aliphatic carbocycles. The number of hydrogen-bond acceptors (Lipinski definition) is 0. The standard InChI is InChI=1S/C19H41ClN/c1-4-7-10-13-17-21(19-15-20,16-12-9-6-3)18-14-11-8-5-2/h4-19H2,1-3H3/q+1. The minimum absolute atomic E-state index is 0.827. The van der Waals surface area contributed by atoms with Crippen molar-refractivity contribution in [2.24, 2.45) is 0 Å². The molecule has 1 nitrogen and oxygen atoms in total. The lowest BCUT2D eigenvalue weighted by molar-refractivity contribution is -0.926. The number of nitrogens with zero attached hydrogens (tertiary/aromatic N) is 1. The van der Waals surface area contributed by atoms with Gasteiger partial charge in [-0.05, 0) is 38.5 Å². The highest BCUT2D eigenvalue weighted by atomic mass is 35.5. The lowest BCUT2D eigenvalue weighted by Gasteiger charge is -2.39. The molecule has 128 valence electrons. The second-order valence-corrected chi connectivity index (χ2v) is 7.13. The fraction of sp³-hybridized carbons (Fsp3) is 1.00. The van der Waals surface area contributed by atoms with Crippen molar-refractivity contribution in [1.82, 2.24) is 0 Å². The molecule has 2 heteroatoms. The molecule has 0 aromatic carbocycles. The summed E-state index contributed by atoms with van der Waals surface area (Å²) >= 11 is 6.16. The second-order valence-electron chi connectivity index (χ2n) is 6.75. The Morgan fingerprint density at radius 2 is 0.905 bits per heavy atom. The Balaban J connectivity index is 4.38. The number of unbranched alkanes of at least 4 members (excludes halogenated alkanes) is 8. The predicted molar refractivity (Wildman–Crippen MR) is 98.3 cm³/mol. The van der Waals surface area contributed by atoms with Crippen LogP contribution in [-0.2, 0) is 0 Å². The number of hydrogen-bond donors (Lipinski definition) is 0. The van der Waals surface area contributed by atoms with Crippen molar-refractivity contribution in [2.45, 2.75) is 91.4 Å². The van der Waals surface area contributed by atoms with Gasteiger partial charge in [0, 0.05) is 0 Å². The van der Waals surface area contributed by atoms with E-state index < -0.39 is 0 Å². The highest BCUT2D eigenvalue weighted by Crippen LogP contribution is 2.17. The predicted octanol–water partition coefficient (Wildman–Crippen LogP) is 6.39. The smallest absolute Gasteiger partial charge is 0.0924 e. The van der Waals surface area contributed by atoms with Crippen LogP contribution in [0.25, 0.3) is 0 Å². The average Bonchev–Trinajstić information content (AvgIpc) is 2.49. The number of rotatable bonds is 16. The van der Waals surface area contributed by atoms with E-state index in [4.69, 9.17) is 11.6 Å². The van der Waals surface area contributed by atoms with E-state index in [-0.39, 0.29) is 0 Å². The van der Waals surface area contributed by atoms with Crippen LogP contribution in [0.2, 0.25) is 0 Å². The molecule has 21 heavy (non-hydrogen) atoms. The van der Waals surface area contributed by atoms with Gasteiger partial charge in [-0.15, -0.1) is 11.6 Å². The summed E-state index contributed by atoms with van der Waals surface area (Å²) in [5, 5.41) is 0. The van der Waals surface area contributed by atoms with Crippen LogP contribution in [0.5, 0.6) is 0 Å². The number of halogens is 1. The van der Waals surface area contributed by atoms with Gasteiger partial charge in [0.15, 0.2) is 0 Å². The number of quaternary nitrogens is 1. The summed E-state index contributed by atoms with van der Waals surface area (Å²) in [7, 11) is 0. The molecular weight excluding hydrogens is 278 g/mol. The van der Waals surface area contributed by atoms with E-state index in [2.05, 4.69) is 20.8 Å². The van der Waals surface area contributed by atoms with Gasteiger partial charge in [-0.25, -0.2) is 0 Å². The molecule has 0 aromatic heterocycles. The van der Waals surface area contributed by atoms with E-state index in [9.17, 15) is 0 Å². The minimum Gasteiger partial charge on any atom is -0.323 e. The Hall–Kier alpha value is 0.250. The minimum atomic E-state index is 0.827. The highest BCUT2D eigenvalue weighted by Gasteiger charge is 2.25. The third-order valence-corrected chi connectivity index (χ3v) is 4.94. The third kappa shape index (κ3) is 11.5. The van der Waals surface area contributed by atoms with Gasteiger partial charge in [0.05, 0.1) is 32.1 Å². The Bertz CT molecular complexity index is 194. The largest absolute Gasteiger partial charge is 0.323 e. The van der Waals surface area contributed by atoms with Crippen molar-refractivity contribution < 1.29 is 4.48 Å². The lowest BCUT2D eigenvalue weighted by atomic mass is 10.1. The SMILES string of the molecule is CCCCCC[N+](CCCl)(CCCCC)CCCCCC. The van der Waals surface area contributed by atoms with Crippen LogP contribution in [-0.4, -0.2) is 36.5 Å². The van der Waals surface area contributed by atoms with E-state index in [1.54, 1.807) is 0 Å². The van der Waals surface area contributed by atoms with Crippen LogP contribution >= 0.6 is 11.6 Å². The van der Waals surface area contributed by atoms with Crippen LogP contribution in [0.1, 0.15) is 91.4 Å². The molecule has 0 saturated carbocycles. The molecule has 0 saturated heterocycles. The van der Waals surface area contributed by atoms with Crippen LogP contribution in [0.3, 0.4) is 0 Å². The van der Waals surface area contributed by atoms with Crippen LogP contribution in [0.15, 0.2) is 0 Å². The molecule has 0 fully saturated rings. The summed E-state index contributed by atoms with van der Waals surface area (Å²) in [5.74, 6) is 0.827. The molecular formula is C19H41ClN+. The van der Waals surface area contributed by atoms with Gasteiger partial charge in [0.25, 0.3) is 0 Å². The molecule has 0 aliphatic heterocycles. The Labute approximate surface area is 140 Å². The maximum Gasteiger partial charge on any atom is 0.0924 e. The quantitative estimate of drug-likeness (QED) is 0.176. The zero-order valence-electron chi connectivity index (χ0n) is 15.1. The maximum absolute atomic E-state index is 6.16. The Kier molecular flexibility index (Phi) is 15.3. The first kappa shape index (κ1) is 21.2. The zero-order chi connectivity index (χ0) is 15.8. The molecule has 0 radical (unpaired) electrons. The zero-order valence-corrected chi connectivity index (χ0v) is 15.9. The summed E-state index contributed by atoms with van der Waals surface area (Å²) in [4.78, 5) is 0. The van der Waals surface area contributed by atoms with Gasteiger partial charge >= 0.3 is 0 Å². The molecule has 0 N–H and O–H groups in total. The molecule has 0 aliphatic rings. The molecule has 0 rings (SSSR count). The van der Waals surface area contributed by atoms with Crippen LogP contribution in [0, 0.1) is 0 Å². The van der Waals surface area contributed by atoms with Gasteiger partial charge in [-0.3, -0.25) is 0 Å². The van der Waals surface area contributed by atoms with E-state index in [0.29, 0.717) is 0 Å². The summed E-state index contributed by atoms with van der Waals surface area (Å²) in [6.07, 6.45) is 15.1. The molecule has 0 aromatic rings. The van der Waals surface area contributed by atoms with E-state index in [1.165, 1.54) is 101 Å². The van der Waals surface area contributed by atoms with Gasteiger partial charge in [0.1, 0.15) is 0 Å². The van der Waals surface area contributed by atoms with Crippen molar-refractivity contribution in [3.05, 3.63) is 0 Å². The fourth-order valence-electron chi connectivity index (χ4n) is 3.30. The first-order valence-corrected chi connectivity index (χ1v) is 10.2. The Morgan fingerprint density at radius 3 is 1.29 bits per heavy atom. The second kappa shape index (κ2) is 15.2. The highest BCUT2D eigenvalue weighted by molar-refractivity contribution is 6.17. The number of alkyl halides is 1. The monoisotopic (exact) mass is 318 g/mol. The van der Waals surface area contributed by atoms with E-state index >= 15 is 0 Å². The van der Waals surface area contributed by atoms with Crippen LogP contribution in [0.4, 0.5) is 0 Å². The van der Waals surface area contributed by atoms with Crippen molar-refractivity contribution >= 4 is 11.6 Å². The summed E-state index contributed by atoms with van der Waals surface area (Å²) in [6, 6.07) is 0. The van der Waals surface area contributed by atoms with Gasteiger partial charge in [0.2, 0.25) is 0 Å². The van der Waals surface area contributed by atoms with Crippen molar-refractivity contribution in [1.29, 1.82) is 0 Å². The lowest BCUT2D eigenvalue weighted by Crippen LogP contribution is -2.51. The third-order valence-electron chi connectivity index (χ3n) is 4.77. The Morgan fingerprint density at radius 1 is 0.524 bits per heavy atom. The molecule has 0 amide bonds. The summed E-state index contributed by atoms with van der Waals surface area (Å²) < 4.78 is 1.30. The average molecular weight is 319 g/mol. The van der Waals surface area contributed by atoms with E-state index in [0.717, 1.165) is 5.88 Å². The molecule has 0 spiro atoms. The van der Waals surface area contributed by atoms with Crippen molar-refractivity contribution in [3.8, 4) is 0 Å². The van der Waals surface area contributed by atoms with Crippen molar-refractivity contribution in [3.63, 3.8) is 0 Å². The normalized spacial score (nSPS) is 12.0. The maximum atomic E-state index is 6.16. The van der Waals surface area contributed by atoms with Gasteiger partial charge in [-0.2, -0.15) is 0 Å². The fourth-order valence-corrected chi connectivity index (χ4v) is 3.65. The van der Waals surface area contributed by atoms with Gasteiger partial charge < -0.3 is 4.48 Å².